The number of nitrogens with one attached hydrogen (secondary N) is 1. The van der Waals surface area contributed by atoms with Crippen molar-refractivity contribution < 1.29 is 18.0 Å². The zero-order valence-corrected chi connectivity index (χ0v) is 25.5. The number of carbonyl (C=O) groups excluding carboxylic acids is 2. The second-order valence-electron chi connectivity index (χ2n) is 9.33. The Kier molecular flexibility index (Phi) is 12.2. The summed E-state index contributed by atoms with van der Waals surface area (Å²) in [4.78, 5) is 28.2. The molecule has 38 heavy (non-hydrogen) atoms. The van der Waals surface area contributed by atoms with Crippen LogP contribution in [0.5, 0.6) is 0 Å². The van der Waals surface area contributed by atoms with Gasteiger partial charge in [0.1, 0.15) is 6.04 Å². The smallest absolute Gasteiger partial charge is 0.243 e. The molecule has 0 radical (unpaired) electrons. The fourth-order valence-corrected chi connectivity index (χ4v) is 5.55. The molecule has 0 aromatic heterocycles. The number of nitrogens with zero attached hydrogens (tertiary/aromatic N) is 2. The molecule has 0 saturated carbocycles. The Bertz CT molecular complexity index is 1240. The van der Waals surface area contributed by atoms with Gasteiger partial charge < -0.3 is 10.2 Å². The number of benzene rings is 2. The molecule has 0 spiro atoms. The zero-order chi connectivity index (χ0) is 28.6. The second kappa shape index (κ2) is 14.4. The maximum Gasteiger partial charge on any atom is 0.243 e. The summed E-state index contributed by atoms with van der Waals surface area (Å²) in [6.07, 6.45) is 2.58. The predicted molar refractivity (Wildman–Crippen MR) is 157 cm³/mol. The first-order valence-electron chi connectivity index (χ1n) is 12.6. The molecule has 0 aliphatic rings. The Morgan fingerprint density at radius 2 is 1.68 bits per heavy atom. The third-order valence-corrected chi connectivity index (χ3v) is 8.71. The third-order valence-electron chi connectivity index (χ3n) is 6.38. The van der Waals surface area contributed by atoms with Gasteiger partial charge in [-0.2, -0.15) is 0 Å². The highest BCUT2D eigenvalue weighted by Gasteiger charge is 2.29. The van der Waals surface area contributed by atoms with Gasteiger partial charge in [-0.15, -0.1) is 0 Å². The van der Waals surface area contributed by atoms with Gasteiger partial charge in [0, 0.05) is 30.6 Å². The summed E-state index contributed by atoms with van der Waals surface area (Å²) in [5, 5.41) is 4.18. The molecule has 0 fully saturated rings. The quantitative estimate of drug-likeness (QED) is 0.294. The van der Waals surface area contributed by atoms with E-state index >= 15 is 0 Å². The highest BCUT2D eigenvalue weighted by atomic mass is 35.5. The molecule has 0 aliphatic heterocycles. The lowest BCUT2D eigenvalue weighted by Crippen LogP contribution is -2.50. The monoisotopic (exact) mass is 603 g/mol. The molecule has 2 atom stereocenters. The lowest BCUT2D eigenvalue weighted by atomic mass is 10.1. The van der Waals surface area contributed by atoms with Crippen LogP contribution in [0.2, 0.25) is 15.1 Å². The zero-order valence-electron chi connectivity index (χ0n) is 22.4. The first-order chi connectivity index (χ1) is 17.8. The SMILES string of the molecule is CCC(C)NC(=O)C(CC)N(Cc1ccc(Cl)c(Cl)c1)C(=O)CCCN(c1cccc(Cl)c1C)S(C)(=O)=O. The molecule has 7 nitrogen and oxygen atoms in total. The molecule has 2 unspecified atom stereocenters. The van der Waals surface area contributed by atoms with Crippen molar-refractivity contribution in [3.63, 3.8) is 0 Å². The molecule has 0 saturated heterocycles. The fourth-order valence-electron chi connectivity index (χ4n) is 4.04. The number of anilines is 1. The summed E-state index contributed by atoms with van der Waals surface area (Å²) < 4.78 is 26.4. The normalized spacial score (nSPS) is 13.1. The number of amides is 2. The van der Waals surface area contributed by atoms with Crippen molar-refractivity contribution in [3.8, 4) is 0 Å². The van der Waals surface area contributed by atoms with Crippen LogP contribution in [0.3, 0.4) is 0 Å². The largest absolute Gasteiger partial charge is 0.352 e. The number of carbonyl (C=O) groups is 2. The van der Waals surface area contributed by atoms with Crippen molar-refractivity contribution in [2.24, 2.45) is 0 Å². The van der Waals surface area contributed by atoms with Crippen LogP contribution in [0, 0.1) is 6.92 Å². The lowest BCUT2D eigenvalue weighted by molar-refractivity contribution is -0.141. The van der Waals surface area contributed by atoms with Gasteiger partial charge in [0.25, 0.3) is 0 Å². The number of hydrogen-bond donors (Lipinski definition) is 1. The van der Waals surface area contributed by atoms with Gasteiger partial charge in [0.2, 0.25) is 21.8 Å². The summed E-state index contributed by atoms with van der Waals surface area (Å²) in [6, 6.07) is 9.43. The first kappa shape index (κ1) is 32.2. The second-order valence-corrected chi connectivity index (χ2v) is 12.5. The molecule has 2 rings (SSSR count). The van der Waals surface area contributed by atoms with E-state index in [9.17, 15) is 18.0 Å². The highest BCUT2D eigenvalue weighted by molar-refractivity contribution is 7.92. The molecule has 0 heterocycles. The molecule has 2 amide bonds. The minimum absolute atomic E-state index is 0.0391. The van der Waals surface area contributed by atoms with Gasteiger partial charge in [-0.3, -0.25) is 13.9 Å². The maximum atomic E-state index is 13.5. The molecule has 2 aromatic carbocycles. The van der Waals surface area contributed by atoms with E-state index in [1.54, 1.807) is 43.3 Å². The Labute approximate surface area is 241 Å². The molecule has 1 N–H and O–H groups in total. The van der Waals surface area contributed by atoms with E-state index in [1.165, 1.54) is 9.21 Å². The Hall–Kier alpha value is -2.00. The molecule has 2 aromatic rings. The van der Waals surface area contributed by atoms with Gasteiger partial charge in [-0.1, -0.05) is 60.8 Å². The Balaban J connectivity index is 2.29. The maximum absolute atomic E-state index is 13.5. The molecule has 0 bridgehead atoms. The van der Waals surface area contributed by atoms with E-state index in [0.717, 1.165) is 18.2 Å². The van der Waals surface area contributed by atoms with Crippen LogP contribution in [-0.2, 0) is 26.2 Å². The van der Waals surface area contributed by atoms with Crippen LogP contribution in [-0.4, -0.2) is 50.0 Å². The van der Waals surface area contributed by atoms with E-state index in [-0.39, 0.29) is 43.8 Å². The van der Waals surface area contributed by atoms with E-state index in [2.05, 4.69) is 5.32 Å². The van der Waals surface area contributed by atoms with Crippen LogP contribution in [0.4, 0.5) is 5.69 Å². The molecule has 210 valence electrons. The highest BCUT2D eigenvalue weighted by Crippen LogP contribution is 2.29. The van der Waals surface area contributed by atoms with Crippen LogP contribution in [0.1, 0.15) is 57.6 Å². The summed E-state index contributed by atoms with van der Waals surface area (Å²) in [6.45, 7) is 7.73. The average molecular weight is 605 g/mol. The standard InChI is InChI=1S/C27H36Cl3N3O4S/c1-6-18(3)31-27(35)24(7-2)32(17-20-13-14-22(29)23(30)16-20)26(34)12-9-15-33(38(5,36)37)25-11-8-10-21(28)19(25)4/h8,10-11,13-14,16,18,24H,6-7,9,12,15,17H2,1-5H3,(H,31,35). The molecule has 11 heteroatoms. The van der Waals surface area contributed by atoms with Gasteiger partial charge in [0.15, 0.2) is 0 Å². The molecular formula is C27H36Cl3N3O4S. The van der Waals surface area contributed by atoms with Crippen molar-refractivity contribution >= 4 is 62.3 Å². The van der Waals surface area contributed by atoms with Gasteiger partial charge >= 0.3 is 0 Å². The fraction of sp³-hybridized carbons (Fsp3) is 0.481. The van der Waals surface area contributed by atoms with Gasteiger partial charge in [0.05, 0.1) is 22.0 Å². The van der Waals surface area contributed by atoms with E-state index < -0.39 is 16.1 Å². The van der Waals surface area contributed by atoms with Crippen molar-refractivity contribution in [1.82, 2.24) is 10.2 Å². The van der Waals surface area contributed by atoms with Gasteiger partial charge in [-0.05, 0) is 68.5 Å². The minimum Gasteiger partial charge on any atom is -0.352 e. The van der Waals surface area contributed by atoms with Crippen molar-refractivity contribution in [2.45, 2.75) is 72.0 Å². The molecule has 0 aliphatic carbocycles. The topological polar surface area (TPSA) is 86.8 Å². The molecular weight excluding hydrogens is 569 g/mol. The number of halogens is 3. The van der Waals surface area contributed by atoms with E-state index in [0.29, 0.717) is 32.7 Å². The first-order valence-corrected chi connectivity index (χ1v) is 15.5. The average Bonchev–Trinajstić information content (AvgIpc) is 2.85. The van der Waals surface area contributed by atoms with E-state index in [4.69, 9.17) is 34.8 Å². The summed E-state index contributed by atoms with van der Waals surface area (Å²) in [5.74, 6) is -0.499. The van der Waals surface area contributed by atoms with Crippen LogP contribution in [0.25, 0.3) is 0 Å². The summed E-state index contributed by atoms with van der Waals surface area (Å²) in [5.41, 5.74) is 1.84. The lowest BCUT2D eigenvalue weighted by Gasteiger charge is -2.32. The van der Waals surface area contributed by atoms with Crippen LogP contribution >= 0.6 is 34.8 Å². The Morgan fingerprint density at radius 3 is 2.26 bits per heavy atom. The number of rotatable bonds is 13. The third kappa shape index (κ3) is 8.76. The van der Waals surface area contributed by atoms with Crippen LogP contribution < -0.4 is 9.62 Å². The van der Waals surface area contributed by atoms with Crippen molar-refractivity contribution in [3.05, 3.63) is 62.6 Å². The van der Waals surface area contributed by atoms with Crippen molar-refractivity contribution in [1.29, 1.82) is 0 Å². The van der Waals surface area contributed by atoms with E-state index in [1.807, 2.05) is 20.8 Å². The summed E-state index contributed by atoms with van der Waals surface area (Å²) in [7, 11) is -3.63. The number of sulfonamides is 1. The summed E-state index contributed by atoms with van der Waals surface area (Å²) >= 11 is 18.5. The Morgan fingerprint density at radius 1 is 1.00 bits per heavy atom. The van der Waals surface area contributed by atoms with Crippen LogP contribution in [0.15, 0.2) is 36.4 Å². The predicted octanol–water partition coefficient (Wildman–Crippen LogP) is 6.22. The van der Waals surface area contributed by atoms with Crippen molar-refractivity contribution in [2.75, 3.05) is 17.1 Å². The number of hydrogen-bond acceptors (Lipinski definition) is 4. The minimum atomic E-state index is -3.63. The van der Waals surface area contributed by atoms with Gasteiger partial charge in [-0.25, -0.2) is 8.42 Å².